The van der Waals surface area contributed by atoms with Crippen molar-refractivity contribution in [2.24, 2.45) is 5.92 Å². The predicted molar refractivity (Wildman–Crippen MR) is 190 cm³/mol. The molecule has 0 bridgehead atoms. The summed E-state index contributed by atoms with van der Waals surface area (Å²) in [5.74, 6) is -0.347. The summed E-state index contributed by atoms with van der Waals surface area (Å²) in [6, 6.07) is 12.5. The number of aromatic hydroxyl groups is 1. The number of phenols is 1. The molecule has 2 aromatic rings. The van der Waals surface area contributed by atoms with E-state index < -0.39 is 27.8 Å². The summed E-state index contributed by atoms with van der Waals surface area (Å²) >= 11 is 3.33. The third-order valence-corrected chi connectivity index (χ3v) is 12.8. The molecular formula is C35H46BrN5O8S. The summed E-state index contributed by atoms with van der Waals surface area (Å²) in [7, 11) is -3.32. The van der Waals surface area contributed by atoms with Crippen LogP contribution in [0.15, 0.2) is 46.9 Å². The maximum absolute atomic E-state index is 14.0. The van der Waals surface area contributed by atoms with Crippen molar-refractivity contribution in [1.29, 1.82) is 0 Å². The van der Waals surface area contributed by atoms with Crippen LogP contribution in [0, 0.1) is 5.92 Å². The second kappa shape index (κ2) is 15.1. The summed E-state index contributed by atoms with van der Waals surface area (Å²) in [5.41, 5.74) is 1.63. The number of para-hydroxylation sites is 1. The first-order valence-corrected chi connectivity index (χ1v) is 20.0. The number of rotatable bonds is 7. The molecule has 0 saturated carbocycles. The van der Waals surface area contributed by atoms with Crippen LogP contribution in [0.4, 0.5) is 15.3 Å². The van der Waals surface area contributed by atoms with Gasteiger partial charge in [-0.3, -0.25) is 4.79 Å². The Bertz CT molecular complexity index is 1690. The number of ether oxygens (including phenoxy) is 1. The average molecular weight is 777 g/mol. The largest absolute Gasteiger partial charge is 0.507 e. The number of carbonyl (C=O) groups is 3. The maximum atomic E-state index is 14.0. The zero-order chi connectivity index (χ0) is 35.6. The number of phenolic OH excluding ortho intramolecular Hbond substituents is 1. The third kappa shape index (κ3) is 8.21. The van der Waals surface area contributed by atoms with Crippen LogP contribution in [0.2, 0.25) is 0 Å². The van der Waals surface area contributed by atoms with Gasteiger partial charge in [-0.1, -0.05) is 24.3 Å². The number of hydrogen-bond acceptors (Lipinski definition) is 8. The smallest absolute Gasteiger partial charge is 0.410 e. The van der Waals surface area contributed by atoms with Gasteiger partial charge in [0.25, 0.3) is 5.91 Å². The van der Waals surface area contributed by atoms with Crippen molar-refractivity contribution in [3.63, 3.8) is 0 Å². The molecule has 3 N–H and O–H groups in total. The van der Waals surface area contributed by atoms with Gasteiger partial charge in [0.15, 0.2) is 6.10 Å². The molecule has 0 radical (unpaired) electrons. The number of fused-ring (bicyclic) bond motifs is 1. The number of amides is 4. The second-order valence-corrected chi connectivity index (χ2v) is 16.8. The van der Waals surface area contributed by atoms with E-state index in [0.29, 0.717) is 81.3 Å². The van der Waals surface area contributed by atoms with Gasteiger partial charge in [-0.05, 0) is 96.1 Å². The molecule has 4 aliphatic heterocycles. The van der Waals surface area contributed by atoms with E-state index in [1.54, 1.807) is 21.9 Å². The first-order chi connectivity index (χ1) is 23.8. The fourth-order valence-electron chi connectivity index (χ4n) is 7.82. The van der Waals surface area contributed by atoms with Gasteiger partial charge in [0.2, 0.25) is 10.0 Å². The monoisotopic (exact) mass is 775 g/mol. The Balaban J connectivity index is 1.07. The lowest BCUT2D eigenvalue weighted by atomic mass is 9.75. The number of urea groups is 1. The van der Waals surface area contributed by atoms with Crippen molar-refractivity contribution < 1.29 is 37.8 Å². The Hall–Kier alpha value is -3.40. The van der Waals surface area contributed by atoms with Crippen LogP contribution in [-0.2, 0) is 32.4 Å². The molecule has 2 aromatic carbocycles. The number of halogens is 1. The molecule has 0 aromatic heterocycles. The van der Waals surface area contributed by atoms with E-state index in [1.165, 1.54) is 16.6 Å². The predicted octanol–water partition coefficient (Wildman–Crippen LogP) is 3.78. The van der Waals surface area contributed by atoms with E-state index in [2.05, 4.69) is 21.2 Å². The number of nitrogens with one attached hydrogen (secondary N) is 1. The van der Waals surface area contributed by atoms with Gasteiger partial charge in [0.05, 0.1) is 16.3 Å². The Morgan fingerprint density at radius 3 is 2.30 bits per heavy atom. The van der Waals surface area contributed by atoms with Crippen molar-refractivity contribution in [3.05, 3.63) is 58.1 Å². The number of sulfonamides is 1. The zero-order valence-electron chi connectivity index (χ0n) is 28.3. The minimum Gasteiger partial charge on any atom is -0.507 e. The van der Waals surface area contributed by atoms with Crippen molar-refractivity contribution in [1.82, 2.24) is 19.0 Å². The van der Waals surface area contributed by atoms with Crippen LogP contribution in [-0.4, -0.2) is 125 Å². The van der Waals surface area contributed by atoms with E-state index in [0.717, 1.165) is 17.7 Å². The van der Waals surface area contributed by atoms with E-state index >= 15 is 0 Å². The number of piperidine rings is 3. The fraction of sp³-hybridized carbons (Fsp3) is 0.571. The van der Waals surface area contributed by atoms with Crippen molar-refractivity contribution in [3.8, 4) is 5.75 Å². The molecule has 6 rings (SSSR count). The molecule has 0 unspecified atom stereocenters. The van der Waals surface area contributed by atoms with Crippen molar-refractivity contribution in [2.45, 2.75) is 69.1 Å². The number of hydrogen-bond donors (Lipinski definition) is 3. The molecule has 3 fully saturated rings. The molecule has 15 heteroatoms. The number of nitrogens with zero attached hydrogens (tertiary/aromatic N) is 4. The molecule has 13 nitrogen and oxygen atoms in total. The summed E-state index contributed by atoms with van der Waals surface area (Å²) < 4.78 is 31.8. The SMILES string of the molecule is CS(=O)(=O)N1CCC(O)(C2CCN(C(=O)[C@@H](Cc3ccc(O)c(Br)c3)OC(=O)N3CCC(N4CCc5ccccc5NC4=O)CC3)CC2)CC1. The first-order valence-electron chi connectivity index (χ1n) is 17.4. The van der Waals surface area contributed by atoms with Gasteiger partial charge in [-0.15, -0.1) is 0 Å². The van der Waals surface area contributed by atoms with Crippen LogP contribution in [0.5, 0.6) is 5.75 Å². The molecule has 4 aliphatic rings. The highest BCUT2D eigenvalue weighted by molar-refractivity contribution is 9.10. The van der Waals surface area contributed by atoms with Crippen LogP contribution < -0.4 is 5.32 Å². The molecule has 272 valence electrons. The van der Waals surface area contributed by atoms with E-state index in [1.807, 2.05) is 29.2 Å². The van der Waals surface area contributed by atoms with Gasteiger partial charge in [-0.2, -0.15) is 0 Å². The number of anilines is 1. The highest BCUT2D eigenvalue weighted by Crippen LogP contribution is 2.37. The zero-order valence-corrected chi connectivity index (χ0v) is 30.7. The molecular weight excluding hydrogens is 730 g/mol. The van der Waals surface area contributed by atoms with Crippen molar-refractivity contribution >= 4 is 49.7 Å². The average Bonchev–Trinajstić information content (AvgIpc) is 3.27. The van der Waals surface area contributed by atoms with Crippen LogP contribution in [0.1, 0.15) is 49.7 Å². The highest BCUT2D eigenvalue weighted by Gasteiger charge is 2.44. The number of carbonyl (C=O) groups excluding carboxylic acids is 3. The lowest BCUT2D eigenvalue weighted by Crippen LogP contribution is -2.54. The number of benzene rings is 2. The molecule has 0 aliphatic carbocycles. The Morgan fingerprint density at radius 1 is 0.980 bits per heavy atom. The molecule has 4 heterocycles. The molecule has 1 atom stereocenters. The standard InChI is InChI=1S/C35H46BrN5O8S/c1-50(47,48)40-20-13-35(46,14-21-40)26-9-15-38(16-10-26)32(43)31(23-24-6-7-30(42)28(36)22-24)49-34(45)39-17-11-27(12-18-39)41-19-8-25-4-2-3-5-29(25)37-33(41)44/h2-7,22,26-27,31,42,46H,8-21,23H2,1H3,(H,37,44)/t31-/m1/s1. The summed E-state index contributed by atoms with van der Waals surface area (Å²) in [5, 5.41) is 24.5. The van der Waals surface area contributed by atoms with Crippen LogP contribution in [0.3, 0.4) is 0 Å². The van der Waals surface area contributed by atoms with Gasteiger partial charge in [-0.25, -0.2) is 22.3 Å². The minimum atomic E-state index is -3.32. The Kier molecular flexibility index (Phi) is 11.0. The van der Waals surface area contributed by atoms with E-state index in [4.69, 9.17) is 4.74 Å². The maximum Gasteiger partial charge on any atom is 0.410 e. The molecule has 0 spiro atoms. The van der Waals surface area contributed by atoms with Crippen molar-refractivity contribution in [2.75, 3.05) is 57.4 Å². The number of likely N-dealkylation sites (tertiary alicyclic amines) is 2. The third-order valence-electron chi connectivity index (χ3n) is 10.9. The first kappa shape index (κ1) is 36.4. The summed E-state index contributed by atoms with van der Waals surface area (Å²) in [6.45, 7) is 2.64. The lowest BCUT2D eigenvalue weighted by molar-refractivity contribution is -0.145. The van der Waals surface area contributed by atoms with Gasteiger partial charge in [0.1, 0.15) is 5.75 Å². The Morgan fingerprint density at radius 2 is 1.64 bits per heavy atom. The van der Waals surface area contributed by atoms with Gasteiger partial charge >= 0.3 is 12.1 Å². The van der Waals surface area contributed by atoms with Gasteiger partial charge < -0.3 is 35.0 Å². The van der Waals surface area contributed by atoms with E-state index in [-0.39, 0.29) is 49.2 Å². The minimum absolute atomic E-state index is 0.0325. The Labute approximate surface area is 301 Å². The quantitative estimate of drug-likeness (QED) is 0.383. The second-order valence-electron chi connectivity index (χ2n) is 14.0. The normalized spacial score (nSPS) is 21.6. The lowest BCUT2D eigenvalue weighted by Gasteiger charge is -2.45. The van der Waals surface area contributed by atoms with E-state index in [9.17, 15) is 33.0 Å². The fourth-order valence-corrected chi connectivity index (χ4v) is 9.09. The topological polar surface area (TPSA) is 160 Å². The van der Waals surface area contributed by atoms with Crippen LogP contribution >= 0.6 is 15.9 Å². The molecule has 50 heavy (non-hydrogen) atoms. The van der Waals surface area contributed by atoms with Crippen LogP contribution in [0.25, 0.3) is 0 Å². The molecule has 3 saturated heterocycles. The highest BCUT2D eigenvalue weighted by atomic mass is 79.9. The summed E-state index contributed by atoms with van der Waals surface area (Å²) in [4.78, 5) is 45.8. The summed E-state index contributed by atoms with van der Waals surface area (Å²) in [6.07, 6.45) is 3.30. The molecule has 4 amide bonds. The number of aliphatic hydroxyl groups is 1. The van der Waals surface area contributed by atoms with Gasteiger partial charge in [0, 0.05) is 64.0 Å².